The Kier molecular flexibility index (Phi) is 8.49. The SMILES string of the molecule is CCOCCOc1ccccc1C(=O)Nc1ccc(C(=O)NC(C)CC)cc1. The molecule has 0 saturated carbocycles. The number of hydrogen-bond donors (Lipinski definition) is 2. The number of hydrogen-bond acceptors (Lipinski definition) is 4. The Bertz CT molecular complexity index is 774. The molecule has 150 valence electrons. The van der Waals surface area contributed by atoms with E-state index in [-0.39, 0.29) is 17.9 Å². The number of anilines is 1. The Morgan fingerprint density at radius 1 is 0.964 bits per heavy atom. The second-order valence-electron chi connectivity index (χ2n) is 6.36. The highest BCUT2D eigenvalue weighted by atomic mass is 16.5. The normalized spacial score (nSPS) is 11.5. The molecular formula is C22H28N2O4. The monoisotopic (exact) mass is 384 g/mol. The molecule has 2 aromatic carbocycles. The van der Waals surface area contributed by atoms with Gasteiger partial charge in [-0.15, -0.1) is 0 Å². The molecule has 2 amide bonds. The Morgan fingerprint density at radius 3 is 2.36 bits per heavy atom. The Balaban J connectivity index is 2.00. The summed E-state index contributed by atoms with van der Waals surface area (Å²) in [7, 11) is 0. The maximum absolute atomic E-state index is 12.6. The van der Waals surface area contributed by atoms with E-state index in [0.717, 1.165) is 6.42 Å². The highest BCUT2D eigenvalue weighted by Crippen LogP contribution is 2.20. The van der Waals surface area contributed by atoms with Gasteiger partial charge in [0.1, 0.15) is 12.4 Å². The van der Waals surface area contributed by atoms with E-state index in [2.05, 4.69) is 10.6 Å². The molecule has 0 aliphatic heterocycles. The van der Waals surface area contributed by atoms with Gasteiger partial charge in [-0.05, 0) is 56.7 Å². The third-order valence-electron chi connectivity index (χ3n) is 4.22. The molecule has 0 saturated heterocycles. The molecule has 0 fully saturated rings. The van der Waals surface area contributed by atoms with Gasteiger partial charge in [0.15, 0.2) is 0 Å². The van der Waals surface area contributed by atoms with E-state index in [1.54, 1.807) is 42.5 Å². The van der Waals surface area contributed by atoms with E-state index in [1.165, 1.54) is 0 Å². The van der Waals surface area contributed by atoms with Crippen LogP contribution >= 0.6 is 0 Å². The molecule has 2 aromatic rings. The number of rotatable bonds is 10. The fourth-order valence-electron chi connectivity index (χ4n) is 2.45. The minimum Gasteiger partial charge on any atom is -0.490 e. The molecule has 6 heteroatoms. The standard InChI is InChI=1S/C22H28N2O4/c1-4-16(3)23-21(25)17-10-12-18(13-11-17)24-22(26)19-8-6-7-9-20(19)28-15-14-27-5-2/h6-13,16H,4-5,14-15H2,1-3H3,(H,23,25)(H,24,26). The van der Waals surface area contributed by atoms with E-state index < -0.39 is 0 Å². The van der Waals surface area contributed by atoms with Crippen LogP contribution in [0, 0.1) is 0 Å². The fraction of sp³-hybridized carbons (Fsp3) is 0.364. The zero-order valence-corrected chi connectivity index (χ0v) is 16.7. The van der Waals surface area contributed by atoms with Crippen molar-refractivity contribution in [3.05, 3.63) is 59.7 Å². The smallest absolute Gasteiger partial charge is 0.259 e. The minimum absolute atomic E-state index is 0.117. The zero-order chi connectivity index (χ0) is 20.4. The van der Waals surface area contributed by atoms with Crippen molar-refractivity contribution in [3.63, 3.8) is 0 Å². The molecule has 2 N–H and O–H groups in total. The van der Waals surface area contributed by atoms with Crippen LogP contribution in [0.5, 0.6) is 5.75 Å². The molecule has 0 bridgehead atoms. The zero-order valence-electron chi connectivity index (χ0n) is 16.7. The van der Waals surface area contributed by atoms with Crippen molar-refractivity contribution < 1.29 is 19.1 Å². The van der Waals surface area contributed by atoms with E-state index in [1.807, 2.05) is 26.8 Å². The molecule has 0 aromatic heterocycles. The second-order valence-corrected chi connectivity index (χ2v) is 6.36. The summed E-state index contributed by atoms with van der Waals surface area (Å²) >= 11 is 0. The summed E-state index contributed by atoms with van der Waals surface area (Å²) < 4.78 is 10.9. The first-order valence-electron chi connectivity index (χ1n) is 9.57. The van der Waals surface area contributed by atoms with Gasteiger partial charge in [0.05, 0.1) is 12.2 Å². The van der Waals surface area contributed by atoms with Gasteiger partial charge in [0.25, 0.3) is 11.8 Å². The molecule has 0 aliphatic rings. The van der Waals surface area contributed by atoms with Crippen molar-refractivity contribution in [1.82, 2.24) is 5.32 Å². The summed E-state index contributed by atoms with van der Waals surface area (Å²) in [6.07, 6.45) is 0.867. The van der Waals surface area contributed by atoms with Crippen LogP contribution in [-0.4, -0.2) is 37.7 Å². The maximum Gasteiger partial charge on any atom is 0.259 e. The Hall–Kier alpha value is -2.86. The van der Waals surface area contributed by atoms with Crippen LogP contribution in [0.4, 0.5) is 5.69 Å². The number of carbonyl (C=O) groups is 2. The van der Waals surface area contributed by atoms with Gasteiger partial charge >= 0.3 is 0 Å². The molecule has 6 nitrogen and oxygen atoms in total. The van der Waals surface area contributed by atoms with Crippen molar-refractivity contribution >= 4 is 17.5 Å². The highest BCUT2D eigenvalue weighted by Gasteiger charge is 2.13. The lowest BCUT2D eigenvalue weighted by Gasteiger charge is -2.13. The summed E-state index contributed by atoms with van der Waals surface area (Å²) in [6, 6.07) is 14.0. The number of ether oxygens (including phenoxy) is 2. The van der Waals surface area contributed by atoms with Crippen LogP contribution in [0.15, 0.2) is 48.5 Å². The van der Waals surface area contributed by atoms with E-state index in [4.69, 9.17) is 9.47 Å². The van der Waals surface area contributed by atoms with Crippen LogP contribution in [0.3, 0.4) is 0 Å². The summed E-state index contributed by atoms with van der Waals surface area (Å²) in [4.78, 5) is 24.8. The number of benzene rings is 2. The van der Waals surface area contributed by atoms with E-state index in [9.17, 15) is 9.59 Å². The summed E-state index contributed by atoms with van der Waals surface area (Å²) in [5, 5.41) is 5.75. The molecule has 0 spiro atoms. The second kappa shape index (κ2) is 11.1. The number of carbonyl (C=O) groups excluding carboxylic acids is 2. The van der Waals surface area contributed by atoms with Crippen molar-refractivity contribution in [2.75, 3.05) is 25.1 Å². The molecule has 1 atom stereocenters. The quantitative estimate of drug-likeness (QED) is 0.610. The lowest BCUT2D eigenvalue weighted by molar-refractivity contribution is 0.0938. The number of para-hydroxylation sites is 1. The average Bonchev–Trinajstić information content (AvgIpc) is 2.71. The van der Waals surface area contributed by atoms with Gasteiger partial charge in [0, 0.05) is 23.9 Å². The third kappa shape index (κ3) is 6.39. The van der Waals surface area contributed by atoms with Gasteiger partial charge in [0.2, 0.25) is 0 Å². The van der Waals surface area contributed by atoms with Crippen LogP contribution in [0.25, 0.3) is 0 Å². The first-order valence-corrected chi connectivity index (χ1v) is 9.57. The van der Waals surface area contributed by atoms with E-state index in [0.29, 0.717) is 42.4 Å². The molecule has 0 heterocycles. The van der Waals surface area contributed by atoms with Crippen LogP contribution in [0.1, 0.15) is 47.9 Å². The number of amides is 2. The number of nitrogens with one attached hydrogen (secondary N) is 2. The first-order chi connectivity index (χ1) is 13.5. The largest absolute Gasteiger partial charge is 0.490 e. The van der Waals surface area contributed by atoms with Gasteiger partial charge < -0.3 is 20.1 Å². The summed E-state index contributed by atoms with van der Waals surface area (Å²) in [5.74, 6) is 0.105. The average molecular weight is 384 g/mol. The molecule has 2 rings (SSSR count). The van der Waals surface area contributed by atoms with Crippen LogP contribution < -0.4 is 15.4 Å². The fourth-order valence-corrected chi connectivity index (χ4v) is 2.45. The van der Waals surface area contributed by atoms with Crippen LogP contribution in [-0.2, 0) is 4.74 Å². The first kappa shape index (κ1) is 21.4. The highest BCUT2D eigenvalue weighted by molar-refractivity contribution is 6.06. The van der Waals surface area contributed by atoms with Crippen LogP contribution in [0.2, 0.25) is 0 Å². The van der Waals surface area contributed by atoms with Crippen molar-refractivity contribution in [1.29, 1.82) is 0 Å². The predicted molar refractivity (Wildman–Crippen MR) is 110 cm³/mol. The molecular weight excluding hydrogens is 356 g/mol. The van der Waals surface area contributed by atoms with Gasteiger partial charge in [-0.3, -0.25) is 9.59 Å². The molecule has 28 heavy (non-hydrogen) atoms. The summed E-state index contributed by atoms with van der Waals surface area (Å²) in [5.41, 5.74) is 1.60. The van der Waals surface area contributed by atoms with Gasteiger partial charge in [-0.2, -0.15) is 0 Å². The van der Waals surface area contributed by atoms with Gasteiger partial charge in [-0.25, -0.2) is 0 Å². The Morgan fingerprint density at radius 2 is 1.68 bits per heavy atom. The molecule has 0 radical (unpaired) electrons. The molecule has 0 aliphatic carbocycles. The Labute approximate surface area is 166 Å². The van der Waals surface area contributed by atoms with Crippen molar-refractivity contribution in [3.8, 4) is 5.75 Å². The third-order valence-corrected chi connectivity index (χ3v) is 4.22. The lowest BCUT2D eigenvalue weighted by Crippen LogP contribution is -2.31. The maximum atomic E-state index is 12.6. The van der Waals surface area contributed by atoms with E-state index >= 15 is 0 Å². The van der Waals surface area contributed by atoms with Gasteiger partial charge in [-0.1, -0.05) is 19.1 Å². The van der Waals surface area contributed by atoms with Crippen molar-refractivity contribution in [2.45, 2.75) is 33.2 Å². The minimum atomic E-state index is -0.274. The lowest BCUT2D eigenvalue weighted by atomic mass is 10.1. The van der Waals surface area contributed by atoms with Crippen molar-refractivity contribution in [2.24, 2.45) is 0 Å². The molecule has 1 unspecified atom stereocenters. The topological polar surface area (TPSA) is 76.7 Å². The predicted octanol–water partition coefficient (Wildman–Crippen LogP) is 3.88. The summed E-state index contributed by atoms with van der Waals surface area (Å²) in [6.45, 7) is 7.35.